The minimum atomic E-state index is -4.64. The van der Waals surface area contributed by atoms with Crippen LogP contribution < -0.4 is 11.3 Å². The van der Waals surface area contributed by atoms with Crippen LogP contribution in [-0.4, -0.2) is 25.7 Å². The highest BCUT2D eigenvalue weighted by Gasteiger charge is 2.21. The number of aromatic hydroxyl groups is 1. The van der Waals surface area contributed by atoms with E-state index in [2.05, 4.69) is 32.8 Å². The molecule has 1 aromatic carbocycles. The second kappa shape index (κ2) is 15.2. The van der Waals surface area contributed by atoms with E-state index in [9.17, 15) is 9.90 Å². The highest BCUT2D eigenvalue weighted by atomic mass is 31.2. The fourth-order valence-electron chi connectivity index (χ4n) is 3.23. The van der Waals surface area contributed by atoms with E-state index in [0.29, 0.717) is 0 Å². The van der Waals surface area contributed by atoms with E-state index in [1.54, 1.807) is 6.07 Å². The first-order valence-corrected chi connectivity index (χ1v) is 12.6. The summed E-state index contributed by atoms with van der Waals surface area (Å²) in [4.78, 5) is 33.6. The van der Waals surface area contributed by atoms with Crippen LogP contribution in [0.5, 0.6) is 5.75 Å². The highest BCUT2D eigenvalue weighted by molar-refractivity contribution is 7.45. The molecule has 0 atom stereocenters. The molecule has 9 heteroatoms. The Morgan fingerprint density at radius 1 is 1.03 bits per heavy atom. The lowest BCUT2D eigenvalue weighted by molar-refractivity contribution is 0.0950. The second-order valence-corrected chi connectivity index (χ2v) is 9.95. The number of nitrogens with one attached hydrogen (secondary N) is 1. The van der Waals surface area contributed by atoms with Crippen molar-refractivity contribution in [3.63, 3.8) is 0 Å². The van der Waals surface area contributed by atoms with Crippen molar-refractivity contribution in [1.29, 1.82) is 0 Å². The zero-order valence-corrected chi connectivity index (χ0v) is 20.5. The predicted octanol–water partition coefficient (Wildman–Crippen LogP) is 4.60. The lowest BCUT2D eigenvalue weighted by Gasteiger charge is -2.22. The van der Waals surface area contributed by atoms with E-state index in [-0.39, 0.29) is 16.7 Å². The Morgan fingerprint density at radius 2 is 1.50 bits per heavy atom. The van der Waals surface area contributed by atoms with Crippen LogP contribution >= 0.6 is 7.82 Å². The number of carbonyl (C=O) groups is 1. The first-order chi connectivity index (χ1) is 14.8. The fourth-order valence-corrected chi connectivity index (χ4v) is 3.23. The number of rotatable bonds is 12. The van der Waals surface area contributed by atoms with Crippen molar-refractivity contribution >= 4 is 13.7 Å². The average molecular weight is 473 g/mol. The normalized spacial score (nSPS) is 11.5. The molecule has 0 fully saturated rings. The van der Waals surface area contributed by atoms with Crippen LogP contribution in [0.1, 0.15) is 100 Å². The van der Waals surface area contributed by atoms with Gasteiger partial charge in [-0.25, -0.2) is 10.4 Å². The van der Waals surface area contributed by atoms with Crippen LogP contribution in [-0.2, 0) is 16.4 Å². The standard InChI is InChI=1S/C23H38N2O2.H3O4P/c1-5-6-7-8-9-10-11-12-13-14-15-18-16-19(23(2,3)4)17-20(21(18)26)22(27)25-24;1-5(2,3)4/h5,16-17,26H,1,6-15,24H2,2-4H3,(H,25,27);(H3,1,2,3,4). The van der Waals surface area contributed by atoms with Crippen LogP contribution in [0.15, 0.2) is 24.8 Å². The Labute approximate surface area is 192 Å². The molecule has 0 spiro atoms. The first kappa shape index (κ1) is 30.3. The average Bonchev–Trinajstić information content (AvgIpc) is 2.67. The van der Waals surface area contributed by atoms with E-state index in [1.807, 2.05) is 12.1 Å². The third-order valence-corrected chi connectivity index (χ3v) is 5.03. The van der Waals surface area contributed by atoms with Crippen LogP contribution in [0.2, 0.25) is 0 Å². The van der Waals surface area contributed by atoms with Gasteiger partial charge >= 0.3 is 7.82 Å². The van der Waals surface area contributed by atoms with Crippen molar-refractivity contribution in [3.05, 3.63) is 41.5 Å². The maximum Gasteiger partial charge on any atom is 0.466 e. The molecule has 0 saturated carbocycles. The topological polar surface area (TPSA) is 153 Å². The lowest BCUT2D eigenvalue weighted by atomic mass is 9.84. The number of amides is 1. The molecule has 32 heavy (non-hydrogen) atoms. The molecule has 0 aliphatic heterocycles. The van der Waals surface area contributed by atoms with Crippen molar-refractivity contribution < 1.29 is 29.1 Å². The summed E-state index contributed by atoms with van der Waals surface area (Å²) < 4.78 is 8.88. The highest BCUT2D eigenvalue weighted by Crippen LogP contribution is 2.32. The molecule has 7 N–H and O–H groups in total. The SMILES string of the molecule is C=CCCCCCCCCCCc1cc(C(C)(C)C)cc(C(=O)NN)c1O.O=P(O)(O)O. The summed E-state index contributed by atoms with van der Waals surface area (Å²) in [6.45, 7) is 10.1. The number of phenolic OH excluding ortho intramolecular Hbond substituents is 1. The summed E-state index contributed by atoms with van der Waals surface area (Å²) in [6.07, 6.45) is 13.7. The van der Waals surface area contributed by atoms with Gasteiger partial charge in [-0.1, -0.05) is 71.4 Å². The van der Waals surface area contributed by atoms with Gasteiger partial charge in [0.25, 0.3) is 5.91 Å². The number of unbranched alkanes of at least 4 members (excludes halogenated alkanes) is 8. The van der Waals surface area contributed by atoms with E-state index in [4.69, 9.17) is 25.1 Å². The number of phenols is 1. The molecule has 0 heterocycles. The maximum absolute atomic E-state index is 12.0. The monoisotopic (exact) mass is 472 g/mol. The molecule has 1 aromatic rings. The summed E-state index contributed by atoms with van der Waals surface area (Å²) in [5.74, 6) is 4.89. The van der Waals surface area contributed by atoms with Gasteiger partial charge in [-0.15, -0.1) is 6.58 Å². The number of allylic oxidation sites excluding steroid dienone is 1. The third-order valence-electron chi connectivity index (χ3n) is 5.03. The molecule has 184 valence electrons. The molecular formula is C23H41N2O6P. The number of hydrazine groups is 1. The van der Waals surface area contributed by atoms with Crippen LogP contribution in [0.4, 0.5) is 0 Å². The van der Waals surface area contributed by atoms with Crippen LogP contribution in [0.25, 0.3) is 0 Å². The summed E-state index contributed by atoms with van der Waals surface area (Å²) in [7, 11) is -4.64. The summed E-state index contributed by atoms with van der Waals surface area (Å²) in [5.41, 5.74) is 4.17. The van der Waals surface area contributed by atoms with Crippen molar-refractivity contribution in [2.24, 2.45) is 5.84 Å². The van der Waals surface area contributed by atoms with Gasteiger partial charge in [0.05, 0.1) is 5.56 Å². The van der Waals surface area contributed by atoms with Crippen molar-refractivity contribution in [2.45, 2.75) is 90.4 Å². The van der Waals surface area contributed by atoms with Gasteiger partial charge in [0.1, 0.15) is 5.75 Å². The number of carbonyl (C=O) groups excluding carboxylic acids is 1. The van der Waals surface area contributed by atoms with Crippen molar-refractivity contribution in [1.82, 2.24) is 5.43 Å². The molecule has 0 radical (unpaired) electrons. The number of aryl methyl sites for hydroxylation is 1. The third kappa shape index (κ3) is 14.4. The molecule has 0 saturated heterocycles. The minimum absolute atomic E-state index is 0.0631. The largest absolute Gasteiger partial charge is 0.507 e. The molecule has 0 aromatic heterocycles. The van der Waals surface area contributed by atoms with Crippen LogP contribution in [0, 0.1) is 0 Å². The summed E-state index contributed by atoms with van der Waals surface area (Å²) in [6, 6.07) is 3.77. The second-order valence-electron chi connectivity index (χ2n) is 8.92. The van der Waals surface area contributed by atoms with Gasteiger partial charge in [-0.3, -0.25) is 10.2 Å². The van der Waals surface area contributed by atoms with Gasteiger partial charge in [0.2, 0.25) is 0 Å². The Bertz CT molecular complexity index is 747. The molecule has 8 nitrogen and oxygen atoms in total. The Morgan fingerprint density at radius 3 is 1.94 bits per heavy atom. The quantitative estimate of drug-likeness (QED) is 0.0649. The van der Waals surface area contributed by atoms with Crippen molar-refractivity contribution in [3.8, 4) is 5.75 Å². The number of benzene rings is 1. The Hall–Kier alpha value is -1.70. The van der Waals surface area contributed by atoms with Gasteiger partial charge in [0, 0.05) is 0 Å². The molecule has 1 amide bonds. The molecular weight excluding hydrogens is 431 g/mol. The van der Waals surface area contributed by atoms with Crippen molar-refractivity contribution in [2.75, 3.05) is 0 Å². The van der Waals surface area contributed by atoms with Gasteiger partial charge in [-0.05, 0) is 48.3 Å². The fraction of sp³-hybridized carbons (Fsp3) is 0.609. The molecule has 0 aliphatic rings. The number of nitrogens with two attached hydrogens (primary N) is 1. The minimum Gasteiger partial charge on any atom is -0.507 e. The number of phosphoric acid groups is 1. The zero-order chi connectivity index (χ0) is 24.8. The van der Waals surface area contributed by atoms with E-state index >= 15 is 0 Å². The zero-order valence-electron chi connectivity index (χ0n) is 19.6. The smallest absolute Gasteiger partial charge is 0.466 e. The van der Waals surface area contributed by atoms with Crippen LogP contribution in [0.3, 0.4) is 0 Å². The van der Waals surface area contributed by atoms with Gasteiger partial charge < -0.3 is 19.8 Å². The Balaban J connectivity index is 0.00000172. The van der Waals surface area contributed by atoms with E-state index in [0.717, 1.165) is 36.8 Å². The maximum atomic E-state index is 12.0. The summed E-state index contributed by atoms with van der Waals surface area (Å²) in [5, 5.41) is 10.5. The molecule has 0 aliphatic carbocycles. The summed E-state index contributed by atoms with van der Waals surface area (Å²) >= 11 is 0. The van der Waals surface area contributed by atoms with Gasteiger partial charge in [-0.2, -0.15) is 0 Å². The lowest BCUT2D eigenvalue weighted by Crippen LogP contribution is -2.30. The molecule has 0 bridgehead atoms. The van der Waals surface area contributed by atoms with E-state index < -0.39 is 13.7 Å². The number of hydrogen-bond acceptors (Lipinski definition) is 4. The van der Waals surface area contributed by atoms with E-state index in [1.165, 1.54) is 38.5 Å². The predicted molar refractivity (Wildman–Crippen MR) is 128 cm³/mol. The van der Waals surface area contributed by atoms with Gasteiger partial charge in [0.15, 0.2) is 0 Å². The first-order valence-electron chi connectivity index (χ1n) is 11.1. The number of nitrogen functional groups attached to an aromatic ring is 1. The molecule has 1 rings (SSSR count). The number of hydrogen-bond donors (Lipinski definition) is 6. The Kier molecular flexibility index (Phi) is 14.4. The molecule has 0 unspecified atom stereocenters.